The van der Waals surface area contributed by atoms with Gasteiger partial charge >= 0.3 is 0 Å². The van der Waals surface area contributed by atoms with Gasteiger partial charge in [0.25, 0.3) is 5.91 Å². The molecule has 1 heterocycles. The Bertz CT molecular complexity index is 693. The summed E-state index contributed by atoms with van der Waals surface area (Å²) in [6, 6.07) is 15.7. The second-order valence-corrected chi connectivity index (χ2v) is 6.84. The molecule has 0 spiro atoms. The summed E-state index contributed by atoms with van der Waals surface area (Å²) in [6.07, 6.45) is 2.01. The van der Waals surface area contributed by atoms with Crippen LogP contribution in [-0.2, 0) is 4.79 Å². The predicted octanol–water partition coefficient (Wildman–Crippen LogP) is 4.85. The summed E-state index contributed by atoms with van der Waals surface area (Å²) in [7, 11) is 0. The zero-order valence-electron chi connectivity index (χ0n) is 12.5. The Morgan fingerprint density at radius 2 is 2.04 bits per heavy atom. The summed E-state index contributed by atoms with van der Waals surface area (Å²) in [5.74, 6) is 0.522. The number of hydrogen-bond donors (Lipinski definition) is 0. The van der Waals surface area contributed by atoms with Crippen LogP contribution in [0.4, 0.5) is 0 Å². The van der Waals surface area contributed by atoms with Crippen LogP contribution in [0.15, 0.2) is 53.0 Å². The lowest BCUT2D eigenvalue weighted by Gasteiger charge is -2.25. The van der Waals surface area contributed by atoms with Crippen LogP contribution in [0.1, 0.15) is 24.4 Å². The first-order valence-electron chi connectivity index (χ1n) is 7.57. The first kappa shape index (κ1) is 16.3. The van der Waals surface area contributed by atoms with Crippen LogP contribution in [0.25, 0.3) is 0 Å². The van der Waals surface area contributed by atoms with Crippen LogP contribution in [0.2, 0.25) is 5.02 Å². The number of amides is 1. The first-order chi connectivity index (χ1) is 11.1. The Labute approximate surface area is 149 Å². The second-order valence-electron chi connectivity index (χ2n) is 5.52. The normalized spacial score (nSPS) is 17.3. The van der Waals surface area contributed by atoms with E-state index in [1.807, 2.05) is 29.2 Å². The molecule has 0 bridgehead atoms. The summed E-state index contributed by atoms with van der Waals surface area (Å²) < 4.78 is 6.49. The maximum Gasteiger partial charge on any atom is 0.261 e. The number of ether oxygens (including phenoxy) is 1. The zero-order valence-corrected chi connectivity index (χ0v) is 14.9. The summed E-state index contributed by atoms with van der Waals surface area (Å²) in [6.45, 7) is 0.778. The minimum absolute atomic E-state index is 0.00432. The first-order valence-corrected chi connectivity index (χ1v) is 8.74. The van der Waals surface area contributed by atoms with Crippen molar-refractivity contribution in [2.24, 2.45) is 0 Å². The van der Waals surface area contributed by atoms with Crippen molar-refractivity contribution in [1.82, 2.24) is 4.90 Å². The van der Waals surface area contributed by atoms with Gasteiger partial charge < -0.3 is 9.64 Å². The molecule has 0 unspecified atom stereocenters. The van der Waals surface area contributed by atoms with Crippen molar-refractivity contribution in [2.75, 3.05) is 13.2 Å². The molecule has 1 amide bonds. The van der Waals surface area contributed by atoms with Gasteiger partial charge in [-0.05, 0) is 36.6 Å². The average Bonchev–Trinajstić information content (AvgIpc) is 3.04. The van der Waals surface area contributed by atoms with E-state index in [0.717, 1.165) is 23.9 Å². The molecular weight excluding hydrogens is 378 g/mol. The molecule has 0 saturated carbocycles. The Morgan fingerprint density at radius 3 is 2.78 bits per heavy atom. The lowest BCUT2D eigenvalue weighted by atomic mass is 10.0. The largest absolute Gasteiger partial charge is 0.482 e. The lowest BCUT2D eigenvalue weighted by molar-refractivity contribution is -0.134. The van der Waals surface area contributed by atoms with Crippen molar-refractivity contribution < 1.29 is 9.53 Å². The van der Waals surface area contributed by atoms with E-state index in [1.165, 1.54) is 5.56 Å². The van der Waals surface area contributed by atoms with Crippen molar-refractivity contribution in [1.29, 1.82) is 0 Å². The highest BCUT2D eigenvalue weighted by atomic mass is 79.9. The molecule has 120 valence electrons. The van der Waals surface area contributed by atoms with E-state index in [9.17, 15) is 4.79 Å². The van der Waals surface area contributed by atoms with E-state index >= 15 is 0 Å². The van der Waals surface area contributed by atoms with Gasteiger partial charge in [0.2, 0.25) is 0 Å². The van der Waals surface area contributed by atoms with E-state index in [2.05, 4.69) is 28.1 Å². The molecule has 2 aromatic rings. The molecule has 1 fully saturated rings. The molecule has 2 aromatic carbocycles. The minimum Gasteiger partial charge on any atom is -0.482 e. The monoisotopic (exact) mass is 393 g/mol. The van der Waals surface area contributed by atoms with Gasteiger partial charge in [0.15, 0.2) is 6.61 Å². The van der Waals surface area contributed by atoms with Crippen molar-refractivity contribution in [3.05, 3.63) is 63.6 Å². The molecular formula is C18H17BrClNO2. The maximum atomic E-state index is 12.5. The molecule has 1 aliphatic rings. The Balaban J connectivity index is 1.65. The summed E-state index contributed by atoms with van der Waals surface area (Å²) >= 11 is 9.47. The van der Waals surface area contributed by atoms with Gasteiger partial charge in [-0.2, -0.15) is 0 Å². The van der Waals surface area contributed by atoms with E-state index in [-0.39, 0.29) is 18.6 Å². The van der Waals surface area contributed by atoms with Crippen LogP contribution in [0.3, 0.4) is 0 Å². The molecule has 0 aliphatic carbocycles. The third kappa shape index (κ3) is 3.88. The topological polar surface area (TPSA) is 29.5 Å². The van der Waals surface area contributed by atoms with E-state index in [1.54, 1.807) is 12.1 Å². The SMILES string of the molecule is O=C(COc1ccc(Br)cc1Cl)N1CCC[C@@H]1c1ccccc1. The van der Waals surface area contributed by atoms with Gasteiger partial charge in [0.1, 0.15) is 5.75 Å². The standard InChI is InChI=1S/C18H17BrClNO2/c19-14-8-9-17(15(20)11-14)23-12-18(22)21-10-4-7-16(21)13-5-2-1-3-6-13/h1-3,5-6,8-9,11,16H,4,7,10,12H2/t16-/m1/s1. The van der Waals surface area contributed by atoms with E-state index in [0.29, 0.717) is 10.8 Å². The van der Waals surface area contributed by atoms with Gasteiger partial charge in [-0.1, -0.05) is 57.9 Å². The van der Waals surface area contributed by atoms with Crippen LogP contribution in [0.5, 0.6) is 5.75 Å². The summed E-state index contributed by atoms with van der Waals surface area (Å²) in [4.78, 5) is 14.4. The van der Waals surface area contributed by atoms with Gasteiger partial charge in [-0.25, -0.2) is 0 Å². The van der Waals surface area contributed by atoms with Crippen molar-refractivity contribution in [3.8, 4) is 5.75 Å². The van der Waals surface area contributed by atoms with Crippen molar-refractivity contribution in [3.63, 3.8) is 0 Å². The molecule has 0 N–H and O–H groups in total. The molecule has 1 saturated heterocycles. The average molecular weight is 395 g/mol. The number of rotatable bonds is 4. The van der Waals surface area contributed by atoms with Gasteiger partial charge in [-0.3, -0.25) is 4.79 Å². The number of nitrogens with zero attached hydrogens (tertiary/aromatic N) is 1. The van der Waals surface area contributed by atoms with E-state index < -0.39 is 0 Å². The smallest absolute Gasteiger partial charge is 0.261 e. The number of likely N-dealkylation sites (tertiary alicyclic amines) is 1. The van der Waals surface area contributed by atoms with Gasteiger partial charge in [0.05, 0.1) is 11.1 Å². The van der Waals surface area contributed by atoms with Crippen molar-refractivity contribution in [2.45, 2.75) is 18.9 Å². The molecule has 23 heavy (non-hydrogen) atoms. The molecule has 0 radical (unpaired) electrons. The van der Waals surface area contributed by atoms with Crippen molar-refractivity contribution >= 4 is 33.4 Å². The third-order valence-electron chi connectivity index (χ3n) is 4.00. The van der Waals surface area contributed by atoms with Gasteiger partial charge in [0, 0.05) is 11.0 Å². The molecule has 5 heteroatoms. The highest BCUT2D eigenvalue weighted by molar-refractivity contribution is 9.10. The number of carbonyl (C=O) groups excluding carboxylic acids is 1. The second kappa shape index (κ2) is 7.37. The quantitative estimate of drug-likeness (QED) is 0.742. The Kier molecular flexibility index (Phi) is 5.23. The number of hydrogen-bond acceptors (Lipinski definition) is 2. The summed E-state index contributed by atoms with van der Waals surface area (Å²) in [5.41, 5.74) is 1.18. The fraction of sp³-hybridized carbons (Fsp3) is 0.278. The zero-order chi connectivity index (χ0) is 16.2. The fourth-order valence-electron chi connectivity index (χ4n) is 2.90. The molecule has 1 aliphatic heterocycles. The third-order valence-corrected chi connectivity index (χ3v) is 4.79. The molecule has 3 rings (SSSR count). The fourth-order valence-corrected chi connectivity index (χ4v) is 3.63. The van der Waals surface area contributed by atoms with Crippen LogP contribution in [0, 0.1) is 0 Å². The molecule has 1 atom stereocenters. The summed E-state index contributed by atoms with van der Waals surface area (Å²) in [5, 5.41) is 0.494. The molecule has 3 nitrogen and oxygen atoms in total. The maximum absolute atomic E-state index is 12.5. The van der Waals surface area contributed by atoms with Crippen LogP contribution >= 0.6 is 27.5 Å². The Morgan fingerprint density at radius 1 is 1.26 bits per heavy atom. The minimum atomic E-state index is -0.00432. The van der Waals surface area contributed by atoms with Crippen LogP contribution in [-0.4, -0.2) is 24.0 Å². The highest BCUT2D eigenvalue weighted by Gasteiger charge is 2.29. The lowest BCUT2D eigenvalue weighted by Crippen LogP contribution is -2.34. The highest BCUT2D eigenvalue weighted by Crippen LogP contribution is 2.32. The predicted molar refractivity (Wildman–Crippen MR) is 94.8 cm³/mol. The molecule has 0 aromatic heterocycles. The number of benzene rings is 2. The van der Waals surface area contributed by atoms with Crippen LogP contribution < -0.4 is 4.74 Å². The number of halogens is 2. The number of carbonyl (C=O) groups is 1. The van der Waals surface area contributed by atoms with E-state index in [4.69, 9.17) is 16.3 Å². The Hall–Kier alpha value is -1.52. The van der Waals surface area contributed by atoms with Gasteiger partial charge in [-0.15, -0.1) is 0 Å².